The number of hydrogen-bond donors (Lipinski definition) is 2. The Morgan fingerprint density at radius 2 is 1.85 bits per heavy atom. The summed E-state index contributed by atoms with van der Waals surface area (Å²) in [5.41, 5.74) is 4.14. The maximum atomic E-state index is 13.3. The molecule has 6 nitrogen and oxygen atoms in total. The Morgan fingerprint density at radius 3 is 2.56 bits per heavy atom. The number of carbonyl (C=O) groups excluding carboxylic acids is 2. The number of benzene rings is 3. The van der Waals surface area contributed by atoms with Gasteiger partial charge in [-0.25, -0.2) is 0 Å². The molecule has 0 aromatic heterocycles. The number of aliphatic hydroxyl groups is 1. The topological polar surface area (TPSA) is 78.9 Å². The second-order valence-electron chi connectivity index (χ2n) is 8.36. The second kappa shape index (κ2) is 10.4. The molecule has 7 heteroatoms. The number of halogens is 1. The summed E-state index contributed by atoms with van der Waals surface area (Å²) in [6, 6.07) is 19.6. The van der Waals surface area contributed by atoms with E-state index in [2.05, 4.69) is 5.32 Å². The molecule has 1 heterocycles. The van der Waals surface area contributed by atoms with Crippen molar-refractivity contribution in [3.8, 4) is 0 Å². The Labute approximate surface area is 204 Å². The zero-order chi connectivity index (χ0) is 24.2. The van der Waals surface area contributed by atoms with E-state index in [0.29, 0.717) is 46.9 Å². The van der Waals surface area contributed by atoms with Crippen molar-refractivity contribution in [2.45, 2.75) is 32.0 Å². The number of nitrogens with one attached hydrogen (secondary N) is 1. The smallest absolute Gasteiger partial charge is 0.258 e. The lowest BCUT2D eigenvalue weighted by atomic mass is 10.0. The zero-order valence-corrected chi connectivity index (χ0v) is 19.9. The van der Waals surface area contributed by atoms with Crippen molar-refractivity contribution in [3.05, 3.63) is 94.0 Å². The summed E-state index contributed by atoms with van der Waals surface area (Å²) in [6.45, 7) is 2.43. The number of carbonyl (C=O) groups is 2. The molecule has 0 spiro atoms. The summed E-state index contributed by atoms with van der Waals surface area (Å²) in [7, 11) is 1.50. The lowest BCUT2D eigenvalue weighted by molar-refractivity contribution is -0.126. The largest absolute Gasteiger partial charge is 0.388 e. The van der Waals surface area contributed by atoms with Crippen molar-refractivity contribution in [3.63, 3.8) is 0 Å². The fourth-order valence-electron chi connectivity index (χ4n) is 4.28. The van der Waals surface area contributed by atoms with Gasteiger partial charge in [0.05, 0.1) is 6.10 Å². The highest BCUT2D eigenvalue weighted by Crippen LogP contribution is 2.35. The van der Waals surface area contributed by atoms with E-state index in [9.17, 15) is 14.7 Å². The maximum Gasteiger partial charge on any atom is 0.258 e. The van der Waals surface area contributed by atoms with Crippen LogP contribution in [0.3, 0.4) is 0 Å². The third-order valence-corrected chi connectivity index (χ3v) is 6.32. The monoisotopic (exact) mass is 478 g/mol. The molecule has 1 aliphatic rings. The minimum Gasteiger partial charge on any atom is -0.388 e. The van der Waals surface area contributed by atoms with E-state index in [1.54, 1.807) is 47.4 Å². The molecule has 1 aliphatic heterocycles. The van der Waals surface area contributed by atoms with Crippen LogP contribution in [-0.4, -0.2) is 30.6 Å². The predicted molar refractivity (Wildman–Crippen MR) is 133 cm³/mol. The second-order valence-corrected chi connectivity index (χ2v) is 8.79. The number of methoxy groups -OCH3 is 1. The van der Waals surface area contributed by atoms with Crippen LogP contribution in [0.4, 0.5) is 11.4 Å². The van der Waals surface area contributed by atoms with Crippen LogP contribution in [0.5, 0.6) is 0 Å². The van der Waals surface area contributed by atoms with E-state index < -0.39 is 12.2 Å². The van der Waals surface area contributed by atoms with Crippen LogP contribution in [0, 0.1) is 6.92 Å². The Hall–Kier alpha value is -3.19. The number of nitrogens with zero attached hydrogens (tertiary/aromatic N) is 1. The first-order valence-corrected chi connectivity index (χ1v) is 11.6. The van der Waals surface area contributed by atoms with Gasteiger partial charge in [0.1, 0.15) is 0 Å². The van der Waals surface area contributed by atoms with Gasteiger partial charge < -0.3 is 20.1 Å². The number of aryl methyl sites for hydroxylation is 1. The molecule has 2 amide bonds. The van der Waals surface area contributed by atoms with Crippen molar-refractivity contribution >= 4 is 34.8 Å². The standard InChI is InChI=1S/C27H27ClN2O4/c1-17-6-3-4-7-21(17)25(34-2)26(32)29-20-12-9-18(10-13-20)27(33)30-15-5-8-24(31)22-16-19(28)11-14-23(22)30/h3-4,6-7,9-14,16,24-25,31H,5,8,15H2,1-2H3,(H,29,32). The highest BCUT2D eigenvalue weighted by Gasteiger charge is 2.27. The molecule has 4 rings (SSSR count). The van der Waals surface area contributed by atoms with Crippen LogP contribution in [0.25, 0.3) is 0 Å². The number of aliphatic hydroxyl groups excluding tert-OH is 1. The molecule has 0 fully saturated rings. The molecule has 2 atom stereocenters. The highest BCUT2D eigenvalue weighted by atomic mass is 35.5. The van der Waals surface area contributed by atoms with Crippen molar-refractivity contribution in [2.75, 3.05) is 23.9 Å². The molecule has 176 valence electrons. The molecule has 3 aromatic rings. The van der Waals surface area contributed by atoms with E-state index in [0.717, 1.165) is 11.1 Å². The van der Waals surface area contributed by atoms with Crippen molar-refractivity contribution < 1.29 is 19.4 Å². The van der Waals surface area contributed by atoms with Gasteiger partial charge in [0.15, 0.2) is 6.10 Å². The van der Waals surface area contributed by atoms with E-state index in [4.69, 9.17) is 16.3 Å². The summed E-state index contributed by atoms with van der Waals surface area (Å²) in [5.74, 6) is -0.464. The number of ether oxygens (including phenoxy) is 1. The summed E-state index contributed by atoms with van der Waals surface area (Å²) in [5, 5.41) is 13.9. The number of hydrogen-bond acceptors (Lipinski definition) is 4. The molecule has 0 saturated heterocycles. The summed E-state index contributed by atoms with van der Waals surface area (Å²) in [4.78, 5) is 27.8. The number of amides is 2. The zero-order valence-electron chi connectivity index (χ0n) is 19.1. The summed E-state index contributed by atoms with van der Waals surface area (Å²) < 4.78 is 5.45. The minimum absolute atomic E-state index is 0.176. The molecule has 3 aromatic carbocycles. The van der Waals surface area contributed by atoms with Crippen molar-refractivity contribution in [1.82, 2.24) is 0 Å². The first kappa shape index (κ1) is 24.0. The first-order valence-electron chi connectivity index (χ1n) is 11.2. The Balaban J connectivity index is 1.51. The quantitative estimate of drug-likeness (QED) is 0.511. The molecule has 0 saturated carbocycles. The minimum atomic E-state index is -0.741. The third-order valence-electron chi connectivity index (χ3n) is 6.09. The van der Waals surface area contributed by atoms with Crippen LogP contribution < -0.4 is 10.2 Å². The van der Waals surface area contributed by atoms with Gasteiger partial charge in [-0.05, 0) is 73.4 Å². The van der Waals surface area contributed by atoms with Gasteiger partial charge in [0, 0.05) is 41.2 Å². The van der Waals surface area contributed by atoms with Gasteiger partial charge in [-0.1, -0.05) is 35.9 Å². The number of rotatable bonds is 5. The average Bonchev–Trinajstić information content (AvgIpc) is 2.99. The van der Waals surface area contributed by atoms with E-state index in [1.165, 1.54) is 7.11 Å². The molecule has 2 unspecified atom stereocenters. The third kappa shape index (κ3) is 4.99. The normalized spacial score (nSPS) is 16.4. The SMILES string of the molecule is COC(C(=O)Nc1ccc(C(=O)N2CCCC(O)c3cc(Cl)ccc32)cc1)c1ccccc1C. The van der Waals surface area contributed by atoms with E-state index >= 15 is 0 Å². The van der Waals surface area contributed by atoms with Crippen LogP contribution in [0.1, 0.15) is 52.1 Å². The van der Waals surface area contributed by atoms with Gasteiger partial charge in [-0.3, -0.25) is 9.59 Å². The molecule has 34 heavy (non-hydrogen) atoms. The van der Waals surface area contributed by atoms with Crippen LogP contribution in [0.2, 0.25) is 5.02 Å². The molecule has 0 radical (unpaired) electrons. The average molecular weight is 479 g/mol. The number of anilines is 2. The molecule has 0 aliphatic carbocycles. The summed E-state index contributed by atoms with van der Waals surface area (Å²) in [6.07, 6.45) is -0.172. The Bertz CT molecular complexity index is 1200. The van der Waals surface area contributed by atoms with Crippen molar-refractivity contribution in [1.29, 1.82) is 0 Å². The lowest BCUT2D eigenvalue weighted by Crippen LogP contribution is -2.31. The van der Waals surface area contributed by atoms with Crippen LogP contribution >= 0.6 is 11.6 Å². The van der Waals surface area contributed by atoms with Crippen LogP contribution in [-0.2, 0) is 9.53 Å². The van der Waals surface area contributed by atoms with Gasteiger partial charge in [-0.2, -0.15) is 0 Å². The van der Waals surface area contributed by atoms with E-state index in [-0.39, 0.29) is 11.8 Å². The number of fused-ring (bicyclic) bond motifs is 1. The van der Waals surface area contributed by atoms with Gasteiger partial charge in [-0.15, -0.1) is 0 Å². The first-order chi connectivity index (χ1) is 16.4. The Morgan fingerprint density at radius 1 is 1.12 bits per heavy atom. The van der Waals surface area contributed by atoms with Crippen LogP contribution in [0.15, 0.2) is 66.7 Å². The van der Waals surface area contributed by atoms with Crippen molar-refractivity contribution in [2.24, 2.45) is 0 Å². The predicted octanol–water partition coefficient (Wildman–Crippen LogP) is 5.45. The summed E-state index contributed by atoms with van der Waals surface area (Å²) >= 11 is 6.12. The van der Waals surface area contributed by atoms with E-state index in [1.807, 2.05) is 31.2 Å². The fourth-order valence-corrected chi connectivity index (χ4v) is 4.46. The molecule has 2 N–H and O–H groups in total. The molecule has 0 bridgehead atoms. The van der Waals surface area contributed by atoms with Gasteiger partial charge in [0.2, 0.25) is 0 Å². The maximum absolute atomic E-state index is 13.3. The highest BCUT2D eigenvalue weighted by molar-refractivity contribution is 6.30. The fraction of sp³-hybridized carbons (Fsp3) is 0.259. The lowest BCUT2D eigenvalue weighted by Gasteiger charge is -2.24. The van der Waals surface area contributed by atoms with Gasteiger partial charge >= 0.3 is 0 Å². The van der Waals surface area contributed by atoms with Gasteiger partial charge in [0.25, 0.3) is 11.8 Å². The molecular formula is C27H27ClN2O4. The Kier molecular flexibility index (Phi) is 7.32. The molecular weight excluding hydrogens is 452 g/mol.